The van der Waals surface area contributed by atoms with Gasteiger partial charge in [0, 0.05) is 40.8 Å². The fourth-order valence-electron chi connectivity index (χ4n) is 9.38. The zero-order valence-corrected chi connectivity index (χ0v) is 25.3. The zero-order chi connectivity index (χ0) is 29.1. The summed E-state index contributed by atoms with van der Waals surface area (Å²) in [6.07, 6.45) is 9.14. The number of hydrogen-bond acceptors (Lipinski definition) is 5. The Morgan fingerprint density at radius 2 is 1.76 bits per heavy atom. The van der Waals surface area contributed by atoms with E-state index < -0.39 is 5.60 Å². The number of H-pyrrole nitrogens is 1. The highest BCUT2D eigenvalue weighted by atomic mass is 16.5. The summed E-state index contributed by atoms with van der Waals surface area (Å²) in [5, 5.41) is 16.0. The van der Waals surface area contributed by atoms with Crippen LogP contribution in [-0.2, 0) is 11.2 Å². The molecule has 4 atom stereocenters. The van der Waals surface area contributed by atoms with Gasteiger partial charge in [-0.2, -0.15) is 0 Å². The van der Waals surface area contributed by atoms with E-state index in [0.29, 0.717) is 24.3 Å². The minimum absolute atomic E-state index is 0.0361. The van der Waals surface area contributed by atoms with Gasteiger partial charge in [-0.05, 0) is 117 Å². The van der Waals surface area contributed by atoms with E-state index in [2.05, 4.69) is 46.4 Å². The molecule has 4 bridgehead atoms. The van der Waals surface area contributed by atoms with Gasteiger partial charge in [0.1, 0.15) is 0 Å². The second-order valence-corrected chi connectivity index (χ2v) is 13.7. The lowest BCUT2D eigenvalue weighted by Gasteiger charge is -2.60. The lowest BCUT2D eigenvalue weighted by atomic mass is 9.51. The number of carbonyl (C=O) groups excluding carboxylic acids is 1. The Morgan fingerprint density at radius 1 is 1.02 bits per heavy atom. The lowest BCUT2D eigenvalue weighted by Crippen LogP contribution is -2.65. The molecule has 3 N–H and O–H groups in total. The zero-order valence-electron chi connectivity index (χ0n) is 25.3. The number of likely N-dealkylation sites (tertiary alicyclic amines) is 1. The van der Waals surface area contributed by atoms with Crippen molar-refractivity contribution < 1.29 is 19.4 Å². The number of ether oxygens (including phenoxy) is 2. The summed E-state index contributed by atoms with van der Waals surface area (Å²) in [6.45, 7) is 4.21. The molecule has 4 saturated carbocycles. The average Bonchev–Trinajstić information content (AvgIpc) is 3.36. The van der Waals surface area contributed by atoms with Gasteiger partial charge in [0.05, 0.1) is 26.4 Å². The largest absolute Gasteiger partial charge is 0.493 e. The predicted octanol–water partition coefficient (Wildman–Crippen LogP) is 5.79. The highest BCUT2D eigenvalue weighted by Gasteiger charge is 2.57. The van der Waals surface area contributed by atoms with Crippen molar-refractivity contribution in [3.8, 4) is 22.8 Å². The topological polar surface area (TPSA) is 86.8 Å². The van der Waals surface area contributed by atoms with Gasteiger partial charge in [-0.3, -0.25) is 4.79 Å². The summed E-state index contributed by atoms with van der Waals surface area (Å²) in [7, 11) is 3.33. The first-order valence-corrected chi connectivity index (χ1v) is 15.9. The summed E-state index contributed by atoms with van der Waals surface area (Å²) >= 11 is 0. The molecule has 5 aliphatic rings. The van der Waals surface area contributed by atoms with Crippen LogP contribution in [0.15, 0.2) is 36.4 Å². The van der Waals surface area contributed by atoms with Crippen molar-refractivity contribution in [2.75, 3.05) is 33.9 Å². The third-order valence-electron chi connectivity index (χ3n) is 10.9. The van der Waals surface area contributed by atoms with Crippen LogP contribution < -0.4 is 14.8 Å². The van der Waals surface area contributed by atoms with E-state index in [-0.39, 0.29) is 11.4 Å². The molecule has 0 spiro atoms. The number of nitrogens with one attached hydrogen (secondary N) is 2. The highest BCUT2D eigenvalue weighted by Crippen LogP contribution is 2.57. The molecule has 1 aliphatic heterocycles. The Kier molecular flexibility index (Phi) is 7.01. The minimum Gasteiger partial charge on any atom is -0.493 e. The summed E-state index contributed by atoms with van der Waals surface area (Å²) in [4.78, 5) is 19.0. The van der Waals surface area contributed by atoms with Crippen LogP contribution in [0.25, 0.3) is 22.2 Å². The Balaban J connectivity index is 1.01. The Morgan fingerprint density at radius 3 is 2.43 bits per heavy atom. The number of methoxy groups -OCH3 is 2. The maximum Gasteiger partial charge on any atom is 0.236 e. The van der Waals surface area contributed by atoms with Gasteiger partial charge in [-0.25, -0.2) is 0 Å². The maximum atomic E-state index is 13.3. The maximum absolute atomic E-state index is 13.3. The molecular weight excluding hydrogens is 526 g/mol. The normalized spacial score (nSPS) is 28.9. The summed E-state index contributed by atoms with van der Waals surface area (Å²) < 4.78 is 11.0. The number of fused-ring (bicyclic) bond motifs is 1. The van der Waals surface area contributed by atoms with Crippen LogP contribution in [0.3, 0.4) is 0 Å². The average molecular weight is 572 g/mol. The number of rotatable bonds is 8. The molecule has 2 aromatic carbocycles. The van der Waals surface area contributed by atoms with E-state index in [1.54, 1.807) is 14.2 Å². The van der Waals surface area contributed by atoms with Crippen molar-refractivity contribution >= 4 is 16.8 Å². The van der Waals surface area contributed by atoms with Crippen LogP contribution in [-0.4, -0.2) is 65.9 Å². The quantitative estimate of drug-likeness (QED) is 0.319. The highest BCUT2D eigenvalue weighted by molar-refractivity contribution is 5.91. The van der Waals surface area contributed by atoms with Gasteiger partial charge in [-0.15, -0.1) is 0 Å². The lowest BCUT2D eigenvalue weighted by molar-refractivity contribution is -0.147. The number of aliphatic hydroxyl groups is 1. The van der Waals surface area contributed by atoms with Crippen LogP contribution in [0.5, 0.6) is 11.5 Å². The van der Waals surface area contributed by atoms with Crippen molar-refractivity contribution in [1.29, 1.82) is 0 Å². The van der Waals surface area contributed by atoms with Crippen LogP contribution in [0.2, 0.25) is 0 Å². The molecule has 1 amide bonds. The van der Waals surface area contributed by atoms with Crippen molar-refractivity contribution in [1.82, 2.24) is 15.2 Å². The molecule has 1 saturated heterocycles. The van der Waals surface area contributed by atoms with Crippen molar-refractivity contribution in [3.63, 3.8) is 0 Å². The first kappa shape index (κ1) is 27.8. The van der Waals surface area contributed by atoms with E-state index >= 15 is 0 Å². The summed E-state index contributed by atoms with van der Waals surface area (Å²) in [5.74, 6) is 3.36. The number of benzene rings is 2. The first-order valence-electron chi connectivity index (χ1n) is 15.9. The van der Waals surface area contributed by atoms with Crippen LogP contribution in [0.1, 0.15) is 75.3 Å². The van der Waals surface area contributed by atoms with Gasteiger partial charge in [0.15, 0.2) is 11.5 Å². The van der Waals surface area contributed by atoms with Crippen LogP contribution in [0, 0.1) is 11.8 Å². The SMILES string of the molecule is CCc1c(-c2ccc(OC)c(OC)c2)[nH]c2ccc(C3CCN(C(=O)CN[C@@]45C[C@@H]6C[C@@H](C[C@@](O)(C6)C4)C5)CC3)cc12. The number of carbonyl (C=O) groups is 1. The monoisotopic (exact) mass is 571 g/mol. The third-order valence-corrected chi connectivity index (χ3v) is 10.9. The number of aromatic nitrogens is 1. The van der Waals surface area contributed by atoms with Gasteiger partial charge in [-0.1, -0.05) is 13.0 Å². The van der Waals surface area contributed by atoms with E-state index in [0.717, 1.165) is 92.7 Å². The smallest absolute Gasteiger partial charge is 0.236 e. The van der Waals surface area contributed by atoms with E-state index in [1.807, 2.05) is 12.1 Å². The van der Waals surface area contributed by atoms with Crippen molar-refractivity contribution in [2.45, 2.75) is 81.8 Å². The van der Waals surface area contributed by atoms with Crippen molar-refractivity contribution in [3.05, 3.63) is 47.5 Å². The van der Waals surface area contributed by atoms with E-state index in [4.69, 9.17) is 9.47 Å². The number of hydrogen-bond donors (Lipinski definition) is 3. The first-order chi connectivity index (χ1) is 20.3. The van der Waals surface area contributed by atoms with Gasteiger partial charge in [0.2, 0.25) is 5.91 Å². The fraction of sp³-hybridized carbons (Fsp3) is 0.571. The Bertz CT molecular complexity index is 1470. The Hall–Kier alpha value is -3.03. The molecule has 0 unspecified atom stereocenters. The molecule has 5 fully saturated rings. The Labute approximate surface area is 249 Å². The minimum atomic E-state index is -0.501. The molecule has 224 valence electrons. The number of piperidine rings is 1. The number of aryl methyl sites for hydroxylation is 1. The summed E-state index contributed by atoms with van der Waals surface area (Å²) in [6, 6.07) is 12.9. The summed E-state index contributed by atoms with van der Waals surface area (Å²) in [5.41, 5.74) is 5.50. The van der Waals surface area contributed by atoms with Crippen molar-refractivity contribution in [2.24, 2.45) is 11.8 Å². The second-order valence-electron chi connectivity index (χ2n) is 13.7. The third kappa shape index (κ3) is 4.88. The van der Waals surface area contributed by atoms with Gasteiger partial charge >= 0.3 is 0 Å². The van der Waals surface area contributed by atoms with E-state index in [9.17, 15) is 9.90 Å². The molecule has 2 heterocycles. The molecule has 1 aromatic heterocycles. The van der Waals surface area contributed by atoms with Gasteiger partial charge < -0.3 is 29.8 Å². The molecule has 3 aromatic rings. The van der Waals surface area contributed by atoms with E-state index in [1.165, 1.54) is 22.9 Å². The molecule has 7 heteroatoms. The molecule has 42 heavy (non-hydrogen) atoms. The molecule has 7 nitrogen and oxygen atoms in total. The number of amides is 1. The molecular formula is C35H45N3O4. The van der Waals surface area contributed by atoms with Crippen LogP contribution in [0.4, 0.5) is 0 Å². The molecule has 0 radical (unpaired) electrons. The fourth-order valence-corrected chi connectivity index (χ4v) is 9.38. The number of aromatic amines is 1. The van der Waals surface area contributed by atoms with Gasteiger partial charge in [0.25, 0.3) is 0 Å². The van der Waals surface area contributed by atoms with Crippen LogP contribution >= 0.6 is 0 Å². The predicted molar refractivity (Wildman–Crippen MR) is 165 cm³/mol. The molecule has 8 rings (SSSR count). The number of nitrogens with zero attached hydrogens (tertiary/aromatic N) is 1. The second kappa shape index (κ2) is 10.6. The standard InChI is InChI=1S/C35H45N3O4/c1-4-27-28-14-25(5-7-29(28)37-33(27)26-6-8-30(41-2)31(15-26)42-3)24-9-11-38(12-10-24)32(39)20-36-34-16-22-13-23(17-34)19-35(40,18-22)21-34/h5-8,14-15,22-24,36-37,40H,4,9-13,16-21H2,1-3H3/t22-,23+,34+,35-. The molecule has 4 aliphatic carbocycles.